The molecular weight excluding hydrogens is 438 g/mol. The Labute approximate surface area is 195 Å². The van der Waals surface area contributed by atoms with Crippen molar-refractivity contribution in [2.75, 3.05) is 26.2 Å². The van der Waals surface area contributed by atoms with Crippen LogP contribution in [-0.2, 0) is 14.8 Å². The van der Waals surface area contributed by atoms with Crippen molar-refractivity contribution in [1.82, 2.24) is 14.5 Å². The van der Waals surface area contributed by atoms with Crippen molar-refractivity contribution in [3.8, 4) is 0 Å². The lowest BCUT2D eigenvalue weighted by molar-refractivity contribution is -0.138. The van der Waals surface area contributed by atoms with Crippen LogP contribution in [0.25, 0.3) is 0 Å². The van der Waals surface area contributed by atoms with Gasteiger partial charge in [0.05, 0.1) is 10.8 Å². The standard InChI is InChI=1S/C25H31N3O4S/c1-19-9-11-20(12-10-19)24(29)28-15-5-6-21(18-28)25(30)27-16-13-22(14-17-27)26-33(31,32)23-7-3-2-4-8-23/h2-4,7-12,21-22,26H,5-6,13-18H2,1H3. The minimum Gasteiger partial charge on any atom is -0.342 e. The Morgan fingerprint density at radius 3 is 2.21 bits per heavy atom. The molecule has 8 heteroatoms. The number of likely N-dealkylation sites (tertiary alicyclic amines) is 2. The Kier molecular flexibility index (Phi) is 7.14. The van der Waals surface area contributed by atoms with E-state index in [0.29, 0.717) is 44.6 Å². The van der Waals surface area contributed by atoms with E-state index in [1.54, 1.807) is 35.2 Å². The lowest BCUT2D eigenvalue weighted by Gasteiger charge is -2.38. The summed E-state index contributed by atoms with van der Waals surface area (Å²) in [6, 6.07) is 15.7. The molecule has 176 valence electrons. The predicted molar refractivity (Wildman–Crippen MR) is 126 cm³/mol. The van der Waals surface area contributed by atoms with Gasteiger partial charge in [-0.15, -0.1) is 0 Å². The third-order valence-electron chi connectivity index (χ3n) is 6.54. The fraction of sp³-hybridized carbons (Fsp3) is 0.440. The molecule has 1 unspecified atom stereocenters. The second kappa shape index (κ2) is 10.1. The molecule has 0 spiro atoms. The zero-order valence-corrected chi connectivity index (χ0v) is 19.8. The lowest BCUT2D eigenvalue weighted by Crippen LogP contribution is -2.51. The molecule has 2 aromatic carbocycles. The maximum Gasteiger partial charge on any atom is 0.253 e. The van der Waals surface area contributed by atoms with Gasteiger partial charge in [-0.05, 0) is 56.9 Å². The molecule has 2 amide bonds. The topological polar surface area (TPSA) is 86.8 Å². The predicted octanol–water partition coefficient (Wildman–Crippen LogP) is 2.82. The highest BCUT2D eigenvalue weighted by molar-refractivity contribution is 7.89. The first-order valence-corrected chi connectivity index (χ1v) is 13.0. The van der Waals surface area contributed by atoms with Crippen LogP contribution >= 0.6 is 0 Å². The van der Waals surface area contributed by atoms with Crippen molar-refractivity contribution in [1.29, 1.82) is 0 Å². The van der Waals surface area contributed by atoms with E-state index in [2.05, 4.69) is 4.72 Å². The van der Waals surface area contributed by atoms with E-state index in [9.17, 15) is 18.0 Å². The van der Waals surface area contributed by atoms with Crippen LogP contribution in [0, 0.1) is 12.8 Å². The molecular formula is C25H31N3O4S. The van der Waals surface area contributed by atoms with Crippen LogP contribution in [0.1, 0.15) is 41.6 Å². The zero-order chi connectivity index (χ0) is 23.4. The molecule has 2 aliphatic rings. The summed E-state index contributed by atoms with van der Waals surface area (Å²) < 4.78 is 27.9. The van der Waals surface area contributed by atoms with Crippen molar-refractivity contribution in [3.05, 3.63) is 65.7 Å². The van der Waals surface area contributed by atoms with Gasteiger partial charge in [-0.3, -0.25) is 9.59 Å². The molecule has 2 fully saturated rings. The number of sulfonamides is 1. The van der Waals surface area contributed by atoms with Crippen molar-refractivity contribution in [2.45, 2.75) is 43.5 Å². The number of nitrogens with one attached hydrogen (secondary N) is 1. The van der Waals surface area contributed by atoms with Crippen LogP contribution in [0.15, 0.2) is 59.5 Å². The Balaban J connectivity index is 1.31. The van der Waals surface area contributed by atoms with Crippen LogP contribution in [-0.4, -0.2) is 62.3 Å². The van der Waals surface area contributed by atoms with Gasteiger partial charge in [0.25, 0.3) is 5.91 Å². The average Bonchev–Trinajstić information content (AvgIpc) is 2.84. The number of hydrogen-bond acceptors (Lipinski definition) is 4. The first kappa shape index (κ1) is 23.4. The van der Waals surface area contributed by atoms with Gasteiger partial charge < -0.3 is 9.80 Å². The van der Waals surface area contributed by atoms with Gasteiger partial charge >= 0.3 is 0 Å². The molecule has 0 bridgehead atoms. The van der Waals surface area contributed by atoms with E-state index in [1.807, 2.05) is 36.1 Å². The molecule has 0 aliphatic carbocycles. The van der Waals surface area contributed by atoms with E-state index in [-0.39, 0.29) is 28.7 Å². The van der Waals surface area contributed by atoms with Crippen LogP contribution in [0.3, 0.4) is 0 Å². The number of benzene rings is 2. The monoisotopic (exact) mass is 469 g/mol. The maximum atomic E-state index is 13.2. The summed E-state index contributed by atoms with van der Waals surface area (Å²) >= 11 is 0. The van der Waals surface area contributed by atoms with Crippen LogP contribution in [0.2, 0.25) is 0 Å². The minimum atomic E-state index is -3.56. The number of rotatable bonds is 5. The van der Waals surface area contributed by atoms with Crippen molar-refractivity contribution < 1.29 is 18.0 Å². The van der Waals surface area contributed by atoms with Gasteiger partial charge in [0.1, 0.15) is 0 Å². The van der Waals surface area contributed by atoms with Gasteiger partial charge in [0.15, 0.2) is 0 Å². The highest BCUT2D eigenvalue weighted by atomic mass is 32.2. The number of aryl methyl sites for hydroxylation is 1. The van der Waals surface area contributed by atoms with Gasteiger partial charge in [-0.2, -0.15) is 0 Å². The van der Waals surface area contributed by atoms with Gasteiger partial charge in [0.2, 0.25) is 15.9 Å². The number of carbonyl (C=O) groups excluding carboxylic acids is 2. The third kappa shape index (κ3) is 5.62. The van der Waals surface area contributed by atoms with E-state index < -0.39 is 10.0 Å². The molecule has 0 saturated carbocycles. The molecule has 2 heterocycles. The van der Waals surface area contributed by atoms with E-state index in [4.69, 9.17) is 0 Å². The first-order valence-electron chi connectivity index (χ1n) is 11.6. The first-order chi connectivity index (χ1) is 15.8. The van der Waals surface area contributed by atoms with Crippen molar-refractivity contribution in [3.63, 3.8) is 0 Å². The Hall–Kier alpha value is -2.71. The van der Waals surface area contributed by atoms with Crippen molar-refractivity contribution >= 4 is 21.8 Å². The second-order valence-corrected chi connectivity index (χ2v) is 10.7. The molecule has 2 aromatic rings. The van der Waals surface area contributed by atoms with Crippen molar-refractivity contribution in [2.24, 2.45) is 5.92 Å². The normalized spacial score (nSPS) is 20.0. The Morgan fingerprint density at radius 2 is 1.55 bits per heavy atom. The molecule has 33 heavy (non-hydrogen) atoms. The summed E-state index contributed by atoms with van der Waals surface area (Å²) in [5, 5.41) is 0. The maximum absolute atomic E-state index is 13.2. The van der Waals surface area contributed by atoms with Crippen LogP contribution in [0.4, 0.5) is 0 Å². The molecule has 1 N–H and O–H groups in total. The summed E-state index contributed by atoms with van der Waals surface area (Å²) in [7, 11) is -3.56. The molecule has 7 nitrogen and oxygen atoms in total. The molecule has 2 saturated heterocycles. The largest absolute Gasteiger partial charge is 0.342 e. The van der Waals surface area contributed by atoms with Gasteiger partial charge in [-0.25, -0.2) is 13.1 Å². The SMILES string of the molecule is Cc1ccc(C(=O)N2CCCC(C(=O)N3CCC(NS(=O)(=O)c4ccccc4)CC3)C2)cc1. The molecule has 1 atom stereocenters. The fourth-order valence-electron chi connectivity index (χ4n) is 4.60. The summed E-state index contributed by atoms with van der Waals surface area (Å²) in [6.45, 7) is 4.12. The van der Waals surface area contributed by atoms with E-state index in [0.717, 1.165) is 18.4 Å². The summed E-state index contributed by atoms with van der Waals surface area (Å²) in [6.07, 6.45) is 2.74. The van der Waals surface area contributed by atoms with E-state index >= 15 is 0 Å². The van der Waals surface area contributed by atoms with Gasteiger partial charge in [-0.1, -0.05) is 35.9 Å². The molecule has 4 rings (SSSR count). The number of nitrogens with zero attached hydrogens (tertiary/aromatic N) is 2. The average molecular weight is 470 g/mol. The number of piperidine rings is 2. The Bertz CT molecular complexity index is 1080. The Morgan fingerprint density at radius 1 is 0.879 bits per heavy atom. The highest BCUT2D eigenvalue weighted by Crippen LogP contribution is 2.23. The van der Waals surface area contributed by atoms with E-state index in [1.165, 1.54) is 0 Å². The summed E-state index contributed by atoms with van der Waals surface area (Å²) in [5.41, 5.74) is 1.76. The summed E-state index contributed by atoms with van der Waals surface area (Å²) in [5.74, 6) is -0.159. The van der Waals surface area contributed by atoms with Gasteiger partial charge in [0, 0.05) is 37.8 Å². The number of amides is 2. The molecule has 0 aromatic heterocycles. The number of carbonyl (C=O) groups is 2. The van der Waals surface area contributed by atoms with Crippen LogP contribution < -0.4 is 4.72 Å². The summed E-state index contributed by atoms with van der Waals surface area (Å²) in [4.78, 5) is 29.9. The molecule has 0 radical (unpaired) electrons. The third-order valence-corrected chi connectivity index (χ3v) is 8.07. The highest BCUT2D eigenvalue weighted by Gasteiger charge is 2.34. The zero-order valence-electron chi connectivity index (χ0n) is 18.9. The lowest BCUT2D eigenvalue weighted by atomic mass is 9.94. The number of hydrogen-bond donors (Lipinski definition) is 1. The second-order valence-electron chi connectivity index (χ2n) is 8.99. The molecule has 2 aliphatic heterocycles. The fourth-order valence-corrected chi connectivity index (χ4v) is 5.93. The van der Waals surface area contributed by atoms with Crippen LogP contribution in [0.5, 0.6) is 0 Å². The smallest absolute Gasteiger partial charge is 0.253 e. The quantitative estimate of drug-likeness (QED) is 0.730. The minimum absolute atomic E-state index is 0.0264.